The molecule has 3 aromatic heterocycles. The monoisotopic (exact) mass is 348 g/mol. The molecule has 0 aliphatic heterocycles. The van der Waals surface area contributed by atoms with Gasteiger partial charge in [-0.25, -0.2) is 9.97 Å². The molecule has 0 atom stereocenters. The first-order valence-corrected chi connectivity index (χ1v) is 8.66. The molecule has 4 aromatic rings. The van der Waals surface area contributed by atoms with Crippen LogP contribution in [0.3, 0.4) is 0 Å². The Hall–Kier alpha value is -2.99. The van der Waals surface area contributed by atoms with E-state index in [2.05, 4.69) is 19.5 Å². The molecule has 0 saturated heterocycles. The molecule has 0 saturated carbocycles. The minimum atomic E-state index is 0.727. The minimum absolute atomic E-state index is 0.727. The largest absolute Gasteiger partial charge is 0.496 e. The summed E-state index contributed by atoms with van der Waals surface area (Å²) in [4.78, 5) is 14.3. The molecule has 124 valence electrons. The standard InChI is InChI=1S/C19H16N4OS/c1-24-17-5-3-2-4-16(17)19-22-12-15(25-19)13-23-11-10-21-18(23)14-6-8-20-9-7-14/h2-12H,13H2,1H3. The number of rotatable bonds is 5. The second-order valence-electron chi connectivity index (χ2n) is 5.45. The van der Waals surface area contributed by atoms with Crippen LogP contribution in [0, 0.1) is 0 Å². The number of thiazole rings is 1. The van der Waals surface area contributed by atoms with Crippen molar-refractivity contribution in [2.45, 2.75) is 6.54 Å². The summed E-state index contributed by atoms with van der Waals surface area (Å²) >= 11 is 1.67. The van der Waals surface area contributed by atoms with Gasteiger partial charge in [0.1, 0.15) is 16.6 Å². The van der Waals surface area contributed by atoms with Gasteiger partial charge in [-0.05, 0) is 24.3 Å². The van der Waals surface area contributed by atoms with Gasteiger partial charge in [0.15, 0.2) is 0 Å². The van der Waals surface area contributed by atoms with Crippen molar-refractivity contribution in [3.05, 3.63) is 72.3 Å². The lowest BCUT2D eigenvalue weighted by atomic mass is 10.2. The molecule has 0 aliphatic rings. The molecular weight excluding hydrogens is 332 g/mol. The number of imidazole rings is 1. The van der Waals surface area contributed by atoms with Gasteiger partial charge in [0.05, 0.1) is 19.2 Å². The molecule has 0 unspecified atom stereocenters. The van der Waals surface area contributed by atoms with Gasteiger partial charge in [-0.2, -0.15) is 0 Å². The Kier molecular flexibility index (Phi) is 4.26. The van der Waals surface area contributed by atoms with Crippen LogP contribution in [0.5, 0.6) is 5.75 Å². The quantitative estimate of drug-likeness (QED) is 0.544. The van der Waals surface area contributed by atoms with Crippen molar-refractivity contribution in [3.63, 3.8) is 0 Å². The first-order chi connectivity index (χ1) is 12.3. The van der Waals surface area contributed by atoms with Gasteiger partial charge < -0.3 is 9.30 Å². The SMILES string of the molecule is COc1ccccc1-c1ncc(Cn2ccnc2-c2ccncc2)s1. The topological polar surface area (TPSA) is 52.8 Å². The van der Waals surface area contributed by atoms with Crippen molar-refractivity contribution in [1.29, 1.82) is 0 Å². The van der Waals surface area contributed by atoms with Gasteiger partial charge in [-0.3, -0.25) is 4.98 Å². The van der Waals surface area contributed by atoms with Crippen LogP contribution in [0.15, 0.2) is 67.4 Å². The Morgan fingerprint density at radius 1 is 1.04 bits per heavy atom. The van der Waals surface area contributed by atoms with Crippen LogP contribution in [0.1, 0.15) is 4.88 Å². The predicted octanol–water partition coefficient (Wildman–Crippen LogP) is 4.13. The Bertz CT molecular complexity index is 978. The number of hydrogen-bond donors (Lipinski definition) is 0. The van der Waals surface area contributed by atoms with Crippen molar-refractivity contribution in [3.8, 4) is 27.7 Å². The molecule has 25 heavy (non-hydrogen) atoms. The summed E-state index contributed by atoms with van der Waals surface area (Å²) in [5, 5.41) is 0.957. The van der Waals surface area contributed by atoms with Gasteiger partial charge in [0, 0.05) is 41.4 Å². The Labute approximate surface area is 149 Å². The lowest BCUT2D eigenvalue weighted by Crippen LogP contribution is -1.99. The van der Waals surface area contributed by atoms with Gasteiger partial charge in [0.25, 0.3) is 0 Å². The highest BCUT2D eigenvalue weighted by atomic mass is 32.1. The molecule has 0 radical (unpaired) electrons. The predicted molar refractivity (Wildman–Crippen MR) is 98.7 cm³/mol. The summed E-state index contributed by atoms with van der Waals surface area (Å²) < 4.78 is 7.56. The molecule has 1 aromatic carbocycles. The highest BCUT2D eigenvalue weighted by Crippen LogP contribution is 2.33. The molecule has 0 N–H and O–H groups in total. The summed E-state index contributed by atoms with van der Waals surface area (Å²) in [6, 6.07) is 11.9. The van der Waals surface area contributed by atoms with E-state index in [0.29, 0.717) is 0 Å². The second-order valence-corrected chi connectivity index (χ2v) is 6.56. The molecule has 0 amide bonds. The third-order valence-corrected chi connectivity index (χ3v) is 4.89. The molecule has 6 heteroatoms. The number of aromatic nitrogens is 4. The lowest BCUT2D eigenvalue weighted by Gasteiger charge is -2.06. The third kappa shape index (κ3) is 3.16. The normalized spacial score (nSPS) is 10.8. The molecule has 0 fully saturated rings. The van der Waals surface area contributed by atoms with Crippen LogP contribution in [-0.4, -0.2) is 26.6 Å². The van der Waals surface area contributed by atoms with Gasteiger partial charge in [0.2, 0.25) is 0 Å². The average molecular weight is 348 g/mol. The van der Waals surface area contributed by atoms with E-state index >= 15 is 0 Å². The van der Waals surface area contributed by atoms with Crippen LogP contribution < -0.4 is 4.74 Å². The highest BCUT2D eigenvalue weighted by molar-refractivity contribution is 7.15. The van der Waals surface area contributed by atoms with Crippen LogP contribution in [0.2, 0.25) is 0 Å². The minimum Gasteiger partial charge on any atom is -0.496 e. The molecule has 0 bridgehead atoms. The van der Waals surface area contributed by atoms with E-state index in [-0.39, 0.29) is 0 Å². The number of benzene rings is 1. The van der Waals surface area contributed by atoms with Gasteiger partial charge >= 0.3 is 0 Å². The van der Waals surface area contributed by atoms with Gasteiger partial charge in [-0.15, -0.1) is 11.3 Å². The van der Waals surface area contributed by atoms with E-state index in [1.807, 2.05) is 55.0 Å². The van der Waals surface area contributed by atoms with Crippen LogP contribution in [-0.2, 0) is 6.54 Å². The fourth-order valence-corrected chi connectivity index (χ4v) is 3.63. The van der Waals surface area contributed by atoms with E-state index in [1.54, 1.807) is 30.8 Å². The lowest BCUT2D eigenvalue weighted by molar-refractivity contribution is 0.416. The highest BCUT2D eigenvalue weighted by Gasteiger charge is 2.12. The Morgan fingerprint density at radius 3 is 2.72 bits per heavy atom. The van der Waals surface area contributed by atoms with E-state index < -0.39 is 0 Å². The summed E-state index contributed by atoms with van der Waals surface area (Å²) in [5.74, 6) is 1.76. The fraction of sp³-hybridized carbons (Fsp3) is 0.105. The van der Waals surface area contributed by atoms with Gasteiger partial charge in [-0.1, -0.05) is 12.1 Å². The van der Waals surface area contributed by atoms with E-state index in [9.17, 15) is 0 Å². The van der Waals surface area contributed by atoms with Crippen molar-refractivity contribution >= 4 is 11.3 Å². The number of para-hydroxylation sites is 1. The molecular formula is C19H16N4OS. The molecule has 4 rings (SSSR count). The molecule has 5 nitrogen and oxygen atoms in total. The van der Waals surface area contributed by atoms with Crippen molar-refractivity contribution in [1.82, 2.24) is 19.5 Å². The van der Waals surface area contributed by atoms with E-state index in [0.717, 1.165) is 39.1 Å². The smallest absolute Gasteiger partial charge is 0.140 e. The molecule has 0 aliphatic carbocycles. The maximum atomic E-state index is 5.44. The van der Waals surface area contributed by atoms with Crippen molar-refractivity contribution in [2.24, 2.45) is 0 Å². The van der Waals surface area contributed by atoms with E-state index in [1.165, 1.54) is 0 Å². The number of ether oxygens (including phenoxy) is 1. The Morgan fingerprint density at radius 2 is 1.88 bits per heavy atom. The van der Waals surface area contributed by atoms with Crippen LogP contribution in [0.25, 0.3) is 22.0 Å². The number of pyridine rings is 1. The van der Waals surface area contributed by atoms with Crippen LogP contribution >= 0.6 is 11.3 Å². The summed E-state index contributed by atoms with van der Waals surface area (Å²) in [7, 11) is 1.68. The number of nitrogens with zero attached hydrogens (tertiary/aromatic N) is 4. The van der Waals surface area contributed by atoms with Crippen LogP contribution in [0.4, 0.5) is 0 Å². The third-order valence-electron chi connectivity index (χ3n) is 3.87. The van der Waals surface area contributed by atoms with Crippen molar-refractivity contribution in [2.75, 3.05) is 7.11 Å². The average Bonchev–Trinajstić information content (AvgIpc) is 3.32. The zero-order valence-corrected chi connectivity index (χ0v) is 14.5. The molecule has 3 heterocycles. The first-order valence-electron chi connectivity index (χ1n) is 7.85. The first kappa shape index (κ1) is 15.5. The second kappa shape index (κ2) is 6.86. The van der Waals surface area contributed by atoms with Crippen molar-refractivity contribution < 1.29 is 4.74 Å². The zero-order valence-electron chi connectivity index (χ0n) is 13.7. The molecule has 0 spiro atoms. The maximum absolute atomic E-state index is 5.44. The number of methoxy groups -OCH3 is 1. The summed E-state index contributed by atoms with van der Waals surface area (Å²) in [6.45, 7) is 0.727. The van der Waals surface area contributed by atoms with E-state index in [4.69, 9.17) is 4.74 Å². The zero-order chi connectivity index (χ0) is 17.1. The Balaban J connectivity index is 1.62. The number of hydrogen-bond acceptors (Lipinski definition) is 5. The maximum Gasteiger partial charge on any atom is 0.140 e. The summed E-state index contributed by atoms with van der Waals surface area (Å²) in [5.41, 5.74) is 2.07. The fourth-order valence-electron chi connectivity index (χ4n) is 2.69. The summed E-state index contributed by atoms with van der Waals surface area (Å²) in [6.07, 6.45) is 9.28.